The van der Waals surface area contributed by atoms with Crippen LogP contribution in [-0.4, -0.2) is 22.4 Å². The Bertz CT molecular complexity index is 631. The maximum absolute atomic E-state index is 13.8. The van der Waals surface area contributed by atoms with E-state index >= 15 is 0 Å². The Morgan fingerprint density at radius 2 is 2.05 bits per heavy atom. The highest BCUT2D eigenvalue weighted by atomic mass is 35.5. The smallest absolute Gasteiger partial charge is 0.270 e. The molecule has 0 atom stereocenters. The first kappa shape index (κ1) is 15.6. The van der Waals surface area contributed by atoms with Crippen molar-refractivity contribution in [3.63, 3.8) is 0 Å². The van der Waals surface area contributed by atoms with Crippen molar-refractivity contribution in [3.8, 4) is 0 Å². The summed E-state index contributed by atoms with van der Waals surface area (Å²) >= 11 is 6.00. The van der Waals surface area contributed by atoms with E-state index in [1.54, 1.807) is 25.2 Å². The molecule has 0 aliphatic heterocycles. The molecule has 5 heteroatoms. The SMILES string of the molecule is CC(C)n1cccc1C(=O)N(C)Cc1c(F)cccc1Cl. The monoisotopic (exact) mass is 308 g/mol. The quantitative estimate of drug-likeness (QED) is 0.833. The minimum absolute atomic E-state index is 0.133. The number of amides is 1. The van der Waals surface area contributed by atoms with E-state index in [4.69, 9.17) is 11.6 Å². The standard InChI is InChI=1S/C16H18ClFN2O/c1-11(2)20-9-5-8-15(20)16(21)19(3)10-12-13(17)6-4-7-14(12)18/h4-9,11H,10H2,1-3H3. The van der Waals surface area contributed by atoms with Gasteiger partial charge in [-0.25, -0.2) is 4.39 Å². The van der Waals surface area contributed by atoms with Crippen LogP contribution in [0.2, 0.25) is 5.02 Å². The molecule has 0 spiro atoms. The summed E-state index contributed by atoms with van der Waals surface area (Å²) < 4.78 is 15.7. The molecule has 1 heterocycles. The minimum atomic E-state index is -0.401. The fourth-order valence-electron chi connectivity index (χ4n) is 2.21. The van der Waals surface area contributed by atoms with Crippen molar-refractivity contribution in [1.82, 2.24) is 9.47 Å². The molecule has 2 rings (SSSR count). The number of rotatable bonds is 4. The third kappa shape index (κ3) is 3.27. The van der Waals surface area contributed by atoms with Gasteiger partial charge < -0.3 is 9.47 Å². The summed E-state index contributed by atoms with van der Waals surface area (Å²) in [5.74, 6) is -0.561. The van der Waals surface area contributed by atoms with E-state index in [0.29, 0.717) is 16.3 Å². The normalized spacial score (nSPS) is 11.0. The lowest BCUT2D eigenvalue weighted by Gasteiger charge is -2.20. The molecule has 112 valence electrons. The van der Waals surface area contributed by atoms with Crippen LogP contribution in [0.4, 0.5) is 4.39 Å². The Labute approximate surface area is 128 Å². The lowest BCUT2D eigenvalue weighted by atomic mass is 10.2. The Balaban J connectivity index is 2.22. The average molecular weight is 309 g/mol. The van der Waals surface area contributed by atoms with Crippen LogP contribution in [0.25, 0.3) is 0 Å². The topological polar surface area (TPSA) is 25.2 Å². The summed E-state index contributed by atoms with van der Waals surface area (Å²) in [4.78, 5) is 14.0. The molecule has 0 unspecified atom stereocenters. The third-order valence-electron chi connectivity index (χ3n) is 3.36. The van der Waals surface area contributed by atoms with E-state index in [2.05, 4.69) is 0 Å². The highest BCUT2D eigenvalue weighted by molar-refractivity contribution is 6.31. The number of nitrogens with zero attached hydrogens (tertiary/aromatic N) is 2. The Hall–Kier alpha value is -1.81. The number of carbonyl (C=O) groups is 1. The van der Waals surface area contributed by atoms with Crippen molar-refractivity contribution in [3.05, 3.63) is 58.6 Å². The zero-order chi connectivity index (χ0) is 15.6. The van der Waals surface area contributed by atoms with Gasteiger partial charge in [0.2, 0.25) is 0 Å². The maximum Gasteiger partial charge on any atom is 0.270 e. The fraction of sp³-hybridized carbons (Fsp3) is 0.312. The molecule has 0 radical (unpaired) electrons. The summed E-state index contributed by atoms with van der Waals surface area (Å²) in [5.41, 5.74) is 0.914. The van der Waals surface area contributed by atoms with Crippen molar-refractivity contribution in [2.75, 3.05) is 7.05 Å². The van der Waals surface area contributed by atoms with Crippen molar-refractivity contribution in [2.24, 2.45) is 0 Å². The molecule has 0 saturated carbocycles. The van der Waals surface area contributed by atoms with Gasteiger partial charge in [0.15, 0.2) is 0 Å². The second-order valence-electron chi connectivity index (χ2n) is 5.26. The summed E-state index contributed by atoms with van der Waals surface area (Å²) in [6.45, 7) is 4.14. The average Bonchev–Trinajstić information content (AvgIpc) is 2.91. The van der Waals surface area contributed by atoms with Crippen molar-refractivity contribution < 1.29 is 9.18 Å². The molecule has 1 aromatic heterocycles. The number of halogens is 2. The molecule has 0 aliphatic rings. The summed E-state index contributed by atoms with van der Waals surface area (Å²) in [5, 5.41) is 0.328. The van der Waals surface area contributed by atoms with Gasteiger partial charge in [-0.1, -0.05) is 17.7 Å². The van der Waals surface area contributed by atoms with Crippen molar-refractivity contribution in [2.45, 2.75) is 26.4 Å². The van der Waals surface area contributed by atoms with Gasteiger partial charge in [0.1, 0.15) is 11.5 Å². The molecule has 0 N–H and O–H groups in total. The molecule has 1 amide bonds. The largest absolute Gasteiger partial charge is 0.341 e. The lowest BCUT2D eigenvalue weighted by molar-refractivity contribution is 0.0771. The van der Waals surface area contributed by atoms with E-state index in [-0.39, 0.29) is 18.5 Å². The summed E-state index contributed by atoms with van der Waals surface area (Å²) in [6, 6.07) is 8.29. The van der Waals surface area contributed by atoms with Crippen LogP contribution >= 0.6 is 11.6 Å². The summed E-state index contributed by atoms with van der Waals surface area (Å²) in [7, 11) is 1.64. The Morgan fingerprint density at radius 1 is 1.33 bits per heavy atom. The zero-order valence-electron chi connectivity index (χ0n) is 12.3. The third-order valence-corrected chi connectivity index (χ3v) is 3.71. The van der Waals surface area contributed by atoms with E-state index < -0.39 is 5.82 Å². The Kier molecular flexibility index (Phi) is 4.68. The van der Waals surface area contributed by atoms with Crippen LogP contribution in [0.15, 0.2) is 36.5 Å². The number of hydrogen-bond donors (Lipinski definition) is 0. The van der Waals surface area contributed by atoms with Gasteiger partial charge in [0.25, 0.3) is 5.91 Å². The molecule has 3 nitrogen and oxygen atoms in total. The number of carbonyl (C=O) groups excluding carboxylic acids is 1. The number of hydrogen-bond acceptors (Lipinski definition) is 1. The number of aromatic nitrogens is 1. The van der Waals surface area contributed by atoms with Gasteiger partial charge in [-0.05, 0) is 38.1 Å². The van der Waals surface area contributed by atoms with Crippen molar-refractivity contribution >= 4 is 17.5 Å². The first-order valence-corrected chi connectivity index (χ1v) is 7.14. The van der Waals surface area contributed by atoms with Gasteiger partial charge in [-0.3, -0.25) is 4.79 Å². The molecule has 2 aromatic rings. The fourth-order valence-corrected chi connectivity index (χ4v) is 2.44. The zero-order valence-corrected chi connectivity index (χ0v) is 13.1. The molecule has 0 aliphatic carbocycles. The first-order valence-electron chi connectivity index (χ1n) is 6.77. The molecular weight excluding hydrogens is 291 g/mol. The van der Waals surface area contributed by atoms with Gasteiger partial charge in [0, 0.05) is 29.9 Å². The number of benzene rings is 1. The maximum atomic E-state index is 13.8. The van der Waals surface area contributed by atoms with Crippen LogP contribution in [0, 0.1) is 5.82 Å². The second kappa shape index (κ2) is 6.31. The van der Waals surface area contributed by atoms with Gasteiger partial charge in [0.05, 0.1) is 6.54 Å². The van der Waals surface area contributed by atoms with Crippen LogP contribution in [0.5, 0.6) is 0 Å². The predicted molar refractivity (Wildman–Crippen MR) is 82.0 cm³/mol. The van der Waals surface area contributed by atoms with Crippen LogP contribution in [-0.2, 0) is 6.54 Å². The lowest BCUT2D eigenvalue weighted by Crippen LogP contribution is -2.29. The molecule has 0 saturated heterocycles. The van der Waals surface area contributed by atoms with Crippen LogP contribution in [0.1, 0.15) is 35.9 Å². The van der Waals surface area contributed by atoms with Gasteiger partial charge in [-0.15, -0.1) is 0 Å². The second-order valence-corrected chi connectivity index (χ2v) is 5.66. The minimum Gasteiger partial charge on any atom is -0.341 e. The predicted octanol–water partition coefficient (Wildman–Crippen LogP) is 4.13. The van der Waals surface area contributed by atoms with E-state index in [9.17, 15) is 9.18 Å². The first-order chi connectivity index (χ1) is 9.91. The Morgan fingerprint density at radius 3 is 2.67 bits per heavy atom. The van der Waals surface area contributed by atoms with E-state index in [1.807, 2.05) is 30.7 Å². The summed E-state index contributed by atoms with van der Waals surface area (Å²) in [6.07, 6.45) is 1.86. The molecule has 1 aromatic carbocycles. The van der Waals surface area contributed by atoms with Crippen LogP contribution < -0.4 is 0 Å². The molecule has 21 heavy (non-hydrogen) atoms. The highest BCUT2D eigenvalue weighted by Gasteiger charge is 2.19. The van der Waals surface area contributed by atoms with E-state index in [1.165, 1.54) is 11.0 Å². The molecule has 0 bridgehead atoms. The molecule has 0 fully saturated rings. The van der Waals surface area contributed by atoms with Crippen molar-refractivity contribution in [1.29, 1.82) is 0 Å². The highest BCUT2D eigenvalue weighted by Crippen LogP contribution is 2.21. The molecular formula is C16H18ClFN2O. The van der Waals surface area contributed by atoms with Crippen LogP contribution in [0.3, 0.4) is 0 Å². The van der Waals surface area contributed by atoms with Gasteiger partial charge in [-0.2, -0.15) is 0 Å². The van der Waals surface area contributed by atoms with Gasteiger partial charge >= 0.3 is 0 Å². The van der Waals surface area contributed by atoms with E-state index in [0.717, 1.165) is 0 Å².